The van der Waals surface area contributed by atoms with Crippen molar-refractivity contribution in [1.29, 1.82) is 0 Å². The molecule has 2 rings (SSSR count). The van der Waals surface area contributed by atoms with Gasteiger partial charge in [0.2, 0.25) is 0 Å². The van der Waals surface area contributed by atoms with E-state index in [0.29, 0.717) is 18.7 Å². The molecule has 2 aromatic carbocycles. The maximum atomic E-state index is 12.7. The molecule has 2 aromatic rings. The molecule has 0 heterocycles. The smallest absolute Gasteiger partial charge is 0.273 e. The first-order valence-corrected chi connectivity index (χ1v) is 9.85. The van der Waals surface area contributed by atoms with Gasteiger partial charge >= 0.3 is 0 Å². The van der Waals surface area contributed by atoms with Gasteiger partial charge in [0.1, 0.15) is 0 Å². The van der Waals surface area contributed by atoms with E-state index in [1.54, 1.807) is 17.0 Å². The van der Waals surface area contributed by atoms with Crippen LogP contribution in [-0.2, 0) is 10.0 Å². The Morgan fingerprint density at radius 2 is 1.78 bits per heavy atom. The summed E-state index contributed by atoms with van der Waals surface area (Å²) >= 11 is 0. The molecule has 1 N–H and O–H groups in total. The first kappa shape index (κ1) is 20.4. The van der Waals surface area contributed by atoms with Crippen LogP contribution >= 0.6 is 0 Å². The van der Waals surface area contributed by atoms with Crippen molar-refractivity contribution >= 4 is 27.3 Å². The largest absolute Gasteiger partial charge is 0.339 e. The van der Waals surface area contributed by atoms with Gasteiger partial charge in [-0.1, -0.05) is 12.1 Å². The molecule has 0 bridgehead atoms. The van der Waals surface area contributed by atoms with Crippen molar-refractivity contribution in [2.45, 2.75) is 25.7 Å². The number of nitro benzene ring substituents is 1. The highest BCUT2D eigenvalue weighted by Crippen LogP contribution is 2.26. The van der Waals surface area contributed by atoms with Crippen molar-refractivity contribution in [2.24, 2.45) is 0 Å². The molecule has 1 amide bonds. The van der Waals surface area contributed by atoms with Crippen LogP contribution in [0, 0.1) is 17.0 Å². The lowest BCUT2D eigenvalue weighted by molar-refractivity contribution is -0.385. The molecule has 27 heavy (non-hydrogen) atoms. The summed E-state index contributed by atoms with van der Waals surface area (Å²) in [7, 11) is -4.05. The molecule has 0 aliphatic carbocycles. The van der Waals surface area contributed by atoms with E-state index in [2.05, 4.69) is 4.72 Å². The molecular weight excluding hydrogens is 370 g/mol. The topological polar surface area (TPSA) is 110 Å². The molecule has 144 valence electrons. The Balaban J connectivity index is 2.37. The van der Waals surface area contributed by atoms with Gasteiger partial charge in [0.15, 0.2) is 0 Å². The van der Waals surface area contributed by atoms with E-state index in [0.717, 1.165) is 0 Å². The van der Waals surface area contributed by atoms with Crippen molar-refractivity contribution in [3.05, 3.63) is 63.7 Å². The predicted molar refractivity (Wildman–Crippen MR) is 102 cm³/mol. The normalized spacial score (nSPS) is 11.1. The predicted octanol–water partition coefficient (Wildman–Crippen LogP) is 3.19. The van der Waals surface area contributed by atoms with Crippen LogP contribution in [0.5, 0.6) is 0 Å². The van der Waals surface area contributed by atoms with Crippen LogP contribution < -0.4 is 4.72 Å². The average Bonchev–Trinajstić information content (AvgIpc) is 2.62. The summed E-state index contributed by atoms with van der Waals surface area (Å²) in [5, 5.41) is 11.0. The fourth-order valence-corrected chi connectivity index (χ4v) is 4.02. The number of anilines is 1. The van der Waals surface area contributed by atoms with Gasteiger partial charge in [0, 0.05) is 36.0 Å². The summed E-state index contributed by atoms with van der Waals surface area (Å²) < 4.78 is 27.8. The number of nitrogens with zero attached hydrogens (tertiary/aromatic N) is 2. The number of amides is 1. The third-order valence-corrected chi connectivity index (χ3v) is 5.68. The molecular formula is C18H21N3O5S. The van der Waals surface area contributed by atoms with Crippen molar-refractivity contribution in [3.63, 3.8) is 0 Å². The molecule has 0 spiro atoms. The molecule has 0 radical (unpaired) electrons. The van der Waals surface area contributed by atoms with E-state index in [1.165, 1.54) is 37.3 Å². The lowest BCUT2D eigenvalue weighted by Crippen LogP contribution is -2.30. The van der Waals surface area contributed by atoms with Gasteiger partial charge in [-0.15, -0.1) is 0 Å². The first-order chi connectivity index (χ1) is 12.7. The molecule has 0 saturated heterocycles. The zero-order valence-electron chi connectivity index (χ0n) is 15.3. The maximum absolute atomic E-state index is 12.7. The number of carbonyl (C=O) groups excluding carboxylic acids is 1. The Kier molecular flexibility index (Phi) is 6.17. The third-order valence-electron chi connectivity index (χ3n) is 4.15. The van der Waals surface area contributed by atoms with Gasteiger partial charge < -0.3 is 4.90 Å². The average molecular weight is 391 g/mol. The molecule has 0 unspecified atom stereocenters. The SMILES string of the molecule is CCN(CC)C(=O)c1cccc(NS(=O)(=O)c2cccc([N+](=O)[O-])c2C)c1. The summed E-state index contributed by atoms with van der Waals surface area (Å²) in [6, 6.07) is 10.0. The second-order valence-electron chi connectivity index (χ2n) is 5.82. The highest BCUT2D eigenvalue weighted by atomic mass is 32.2. The summed E-state index contributed by atoms with van der Waals surface area (Å²) in [5.41, 5.74) is 0.335. The molecule has 0 aromatic heterocycles. The highest BCUT2D eigenvalue weighted by molar-refractivity contribution is 7.92. The fraction of sp³-hybridized carbons (Fsp3) is 0.278. The van der Waals surface area contributed by atoms with Gasteiger partial charge in [-0.05, 0) is 45.0 Å². The fourth-order valence-electron chi connectivity index (χ4n) is 2.71. The Morgan fingerprint density at radius 3 is 2.37 bits per heavy atom. The summed E-state index contributed by atoms with van der Waals surface area (Å²) in [5.74, 6) is -0.201. The Bertz CT molecular complexity index is 969. The standard InChI is InChI=1S/C18H21N3O5S/c1-4-20(5-2)18(22)14-8-6-9-15(12-14)19-27(25,26)17-11-7-10-16(13(17)3)21(23)24/h6-12,19H,4-5H2,1-3H3. The number of nitrogens with one attached hydrogen (secondary N) is 1. The van der Waals surface area contributed by atoms with E-state index in [9.17, 15) is 23.3 Å². The number of hydrogen-bond donors (Lipinski definition) is 1. The van der Waals surface area contributed by atoms with Crippen LogP contribution in [0.2, 0.25) is 0 Å². The van der Waals surface area contributed by atoms with Gasteiger partial charge in [-0.2, -0.15) is 0 Å². The number of benzene rings is 2. The zero-order chi connectivity index (χ0) is 20.2. The molecule has 0 aliphatic rings. The summed E-state index contributed by atoms with van der Waals surface area (Å²) in [6.45, 7) is 6.18. The van der Waals surface area contributed by atoms with Crippen molar-refractivity contribution in [1.82, 2.24) is 4.90 Å². The van der Waals surface area contributed by atoms with Gasteiger partial charge in [0.25, 0.3) is 21.6 Å². The van der Waals surface area contributed by atoms with Crippen molar-refractivity contribution < 1.29 is 18.1 Å². The minimum Gasteiger partial charge on any atom is -0.339 e. The zero-order valence-corrected chi connectivity index (χ0v) is 16.1. The van der Waals surface area contributed by atoms with Gasteiger partial charge in [-0.3, -0.25) is 19.6 Å². The molecule has 0 fully saturated rings. The molecule has 0 aliphatic heterocycles. The first-order valence-electron chi connectivity index (χ1n) is 8.37. The van der Waals surface area contributed by atoms with E-state index in [1.807, 2.05) is 13.8 Å². The summed E-state index contributed by atoms with van der Waals surface area (Å²) in [6.07, 6.45) is 0. The van der Waals surface area contributed by atoms with E-state index in [-0.39, 0.29) is 27.7 Å². The van der Waals surface area contributed by atoms with Crippen LogP contribution in [0.25, 0.3) is 0 Å². The van der Waals surface area contributed by atoms with Crippen LogP contribution in [0.15, 0.2) is 47.4 Å². The second-order valence-corrected chi connectivity index (χ2v) is 7.47. The molecule has 0 saturated carbocycles. The Hall–Kier alpha value is -2.94. The van der Waals surface area contributed by atoms with Crippen LogP contribution in [-0.4, -0.2) is 37.2 Å². The number of hydrogen-bond acceptors (Lipinski definition) is 5. The maximum Gasteiger partial charge on any atom is 0.273 e. The highest BCUT2D eigenvalue weighted by Gasteiger charge is 2.23. The minimum atomic E-state index is -4.05. The number of nitro groups is 1. The number of rotatable bonds is 7. The minimum absolute atomic E-state index is 0.0466. The Labute approximate surface area is 158 Å². The van der Waals surface area contributed by atoms with Crippen LogP contribution in [0.1, 0.15) is 29.8 Å². The van der Waals surface area contributed by atoms with E-state index < -0.39 is 14.9 Å². The molecule has 8 nitrogen and oxygen atoms in total. The quantitative estimate of drug-likeness (QED) is 0.576. The monoisotopic (exact) mass is 391 g/mol. The van der Waals surface area contributed by atoms with E-state index >= 15 is 0 Å². The van der Waals surface area contributed by atoms with E-state index in [4.69, 9.17) is 0 Å². The lowest BCUT2D eigenvalue weighted by atomic mass is 10.2. The van der Waals surface area contributed by atoms with Crippen molar-refractivity contribution in [2.75, 3.05) is 17.8 Å². The van der Waals surface area contributed by atoms with Gasteiger partial charge in [0.05, 0.1) is 9.82 Å². The van der Waals surface area contributed by atoms with Gasteiger partial charge in [-0.25, -0.2) is 8.42 Å². The third kappa shape index (κ3) is 4.43. The van der Waals surface area contributed by atoms with Crippen molar-refractivity contribution in [3.8, 4) is 0 Å². The van der Waals surface area contributed by atoms with Crippen LogP contribution in [0.3, 0.4) is 0 Å². The summed E-state index contributed by atoms with van der Waals surface area (Å²) in [4.78, 5) is 24.3. The Morgan fingerprint density at radius 1 is 1.15 bits per heavy atom. The second kappa shape index (κ2) is 8.17. The molecule has 9 heteroatoms. The number of carbonyl (C=O) groups is 1. The van der Waals surface area contributed by atoms with Crippen LogP contribution in [0.4, 0.5) is 11.4 Å². The molecule has 0 atom stereocenters. The lowest BCUT2D eigenvalue weighted by Gasteiger charge is -2.19. The number of sulfonamides is 1.